The lowest BCUT2D eigenvalue weighted by molar-refractivity contribution is 0.120. The van der Waals surface area contributed by atoms with Crippen molar-refractivity contribution in [2.24, 2.45) is 0 Å². The fraction of sp³-hybridized carbons (Fsp3) is 0.364. The van der Waals surface area contributed by atoms with Crippen LogP contribution in [-0.4, -0.2) is 48.0 Å². The number of benzene rings is 2. The standard InChI is InChI=1S/C22H24N4O3S/c1-27-18-9-16-17(10-19(18)28-2)26(13-24-16)12-14-5-3-7-20-21(14)25-22(30-20)23-11-15-6-4-8-29-15/h3,5,7,9-10,13,15H,4,6,8,11-12H2,1-2H3,(H,23,25)/t15-/m1/s1. The Bertz CT molecular complexity index is 1180. The van der Waals surface area contributed by atoms with E-state index in [-0.39, 0.29) is 0 Å². The smallest absolute Gasteiger partial charge is 0.183 e. The lowest BCUT2D eigenvalue weighted by Gasteiger charge is -2.10. The summed E-state index contributed by atoms with van der Waals surface area (Å²) in [6.07, 6.45) is 4.41. The third-order valence-corrected chi connectivity index (χ3v) is 6.45. The van der Waals surface area contributed by atoms with Crippen LogP contribution in [0.5, 0.6) is 11.5 Å². The average Bonchev–Trinajstić information content (AvgIpc) is 3.51. The molecule has 7 nitrogen and oxygen atoms in total. The van der Waals surface area contributed by atoms with Gasteiger partial charge in [-0.05, 0) is 24.5 Å². The van der Waals surface area contributed by atoms with E-state index in [0.29, 0.717) is 24.1 Å². The molecule has 0 bridgehead atoms. The second kappa shape index (κ2) is 8.12. The Labute approximate surface area is 178 Å². The van der Waals surface area contributed by atoms with E-state index >= 15 is 0 Å². The van der Waals surface area contributed by atoms with E-state index in [2.05, 4.69) is 33.1 Å². The predicted octanol–water partition coefficient (Wildman–Crippen LogP) is 4.30. The summed E-state index contributed by atoms with van der Waals surface area (Å²) in [6, 6.07) is 10.2. The quantitative estimate of drug-likeness (QED) is 0.477. The van der Waals surface area contributed by atoms with Crippen LogP contribution in [-0.2, 0) is 11.3 Å². The van der Waals surface area contributed by atoms with Crippen LogP contribution in [0.15, 0.2) is 36.7 Å². The van der Waals surface area contributed by atoms with Gasteiger partial charge in [-0.15, -0.1) is 0 Å². The summed E-state index contributed by atoms with van der Waals surface area (Å²) >= 11 is 1.68. The van der Waals surface area contributed by atoms with Gasteiger partial charge in [0.15, 0.2) is 16.6 Å². The second-order valence-corrected chi connectivity index (χ2v) is 8.40. The van der Waals surface area contributed by atoms with Gasteiger partial charge in [-0.1, -0.05) is 23.5 Å². The van der Waals surface area contributed by atoms with E-state index in [0.717, 1.165) is 53.2 Å². The number of thiazole rings is 1. The second-order valence-electron chi connectivity index (χ2n) is 7.37. The van der Waals surface area contributed by atoms with Gasteiger partial charge >= 0.3 is 0 Å². The number of hydrogen-bond donors (Lipinski definition) is 1. The van der Waals surface area contributed by atoms with E-state index < -0.39 is 0 Å². The van der Waals surface area contributed by atoms with Crippen LogP contribution in [0.3, 0.4) is 0 Å². The molecule has 1 fully saturated rings. The Morgan fingerprint density at radius 2 is 2.10 bits per heavy atom. The molecule has 0 unspecified atom stereocenters. The fourth-order valence-electron chi connectivity index (χ4n) is 3.91. The molecular formula is C22H24N4O3S. The van der Waals surface area contributed by atoms with Crippen LogP contribution >= 0.6 is 11.3 Å². The molecule has 0 amide bonds. The number of anilines is 1. The number of methoxy groups -OCH3 is 2. The van der Waals surface area contributed by atoms with E-state index in [9.17, 15) is 0 Å². The van der Waals surface area contributed by atoms with Gasteiger partial charge in [0.25, 0.3) is 0 Å². The molecule has 2 aromatic heterocycles. The summed E-state index contributed by atoms with van der Waals surface area (Å²) in [6.45, 7) is 2.35. The number of fused-ring (bicyclic) bond motifs is 2. The van der Waals surface area contributed by atoms with Crippen molar-refractivity contribution in [1.82, 2.24) is 14.5 Å². The molecule has 1 atom stereocenters. The maximum Gasteiger partial charge on any atom is 0.183 e. The SMILES string of the molecule is COc1cc2ncn(Cc3cccc4sc(NC[C@H]5CCCO5)nc34)c2cc1OC. The number of aromatic nitrogens is 3. The fourth-order valence-corrected chi connectivity index (χ4v) is 4.83. The van der Waals surface area contributed by atoms with Crippen molar-refractivity contribution in [3.63, 3.8) is 0 Å². The number of rotatable bonds is 7. The molecule has 2 aromatic carbocycles. The molecule has 30 heavy (non-hydrogen) atoms. The van der Waals surface area contributed by atoms with Crippen LogP contribution in [0.1, 0.15) is 18.4 Å². The van der Waals surface area contributed by atoms with Gasteiger partial charge in [-0.2, -0.15) is 0 Å². The van der Waals surface area contributed by atoms with Gasteiger partial charge in [0.05, 0.1) is 54.4 Å². The molecule has 156 valence electrons. The monoisotopic (exact) mass is 424 g/mol. The maximum absolute atomic E-state index is 5.70. The van der Waals surface area contributed by atoms with Crippen LogP contribution in [0.25, 0.3) is 21.3 Å². The van der Waals surface area contributed by atoms with Crippen molar-refractivity contribution in [1.29, 1.82) is 0 Å². The van der Waals surface area contributed by atoms with Crippen molar-refractivity contribution in [3.8, 4) is 11.5 Å². The van der Waals surface area contributed by atoms with Gasteiger partial charge in [-0.3, -0.25) is 0 Å². The Hall–Kier alpha value is -2.84. The molecule has 8 heteroatoms. The Morgan fingerprint density at radius 1 is 1.23 bits per heavy atom. The average molecular weight is 425 g/mol. The first kappa shape index (κ1) is 19.1. The first-order chi connectivity index (χ1) is 14.7. The molecule has 1 saturated heterocycles. The van der Waals surface area contributed by atoms with E-state index in [1.807, 2.05) is 18.5 Å². The number of hydrogen-bond acceptors (Lipinski definition) is 7. The number of nitrogens with one attached hydrogen (secondary N) is 1. The zero-order valence-electron chi connectivity index (χ0n) is 17.1. The summed E-state index contributed by atoms with van der Waals surface area (Å²) in [7, 11) is 3.28. The highest BCUT2D eigenvalue weighted by molar-refractivity contribution is 7.22. The van der Waals surface area contributed by atoms with Gasteiger partial charge in [0.1, 0.15) is 0 Å². The van der Waals surface area contributed by atoms with Crippen molar-refractivity contribution in [2.75, 3.05) is 32.7 Å². The zero-order valence-corrected chi connectivity index (χ0v) is 17.9. The van der Waals surface area contributed by atoms with E-state index in [1.165, 1.54) is 4.70 Å². The molecular weight excluding hydrogens is 400 g/mol. The number of ether oxygens (including phenoxy) is 3. The van der Waals surface area contributed by atoms with Crippen molar-refractivity contribution in [2.45, 2.75) is 25.5 Å². The highest BCUT2D eigenvalue weighted by Gasteiger charge is 2.17. The summed E-state index contributed by atoms with van der Waals surface area (Å²) < 4.78 is 19.9. The predicted molar refractivity (Wildman–Crippen MR) is 119 cm³/mol. The number of nitrogens with zero attached hydrogens (tertiary/aromatic N) is 3. The van der Waals surface area contributed by atoms with Gasteiger partial charge in [0.2, 0.25) is 0 Å². The number of para-hydroxylation sites is 1. The molecule has 1 aliphatic rings. The van der Waals surface area contributed by atoms with Gasteiger partial charge < -0.3 is 24.1 Å². The molecule has 0 saturated carbocycles. The first-order valence-electron chi connectivity index (χ1n) is 10.1. The Kier molecular flexibility index (Phi) is 5.18. The topological polar surface area (TPSA) is 70.4 Å². The Morgan fingerprint density at radius 3 is 2.90 bits per heavy atom. The minimum atomic E-state index is 0.292. The lowest BCUT2D eigenvalue weighted by Crippen LogP contribution is -2.18. The minimum Gasteiger partial charge on any atom is -0.493 e. The molecule has 0 radical (unpaired) electrons. The molecule has 1 N–H and O–H groups in total. The van der Waals surface area contributed by atoms with Crippen molar-refractivity contribution >= 4 is 37.7 Å². The molecule has 5 rings (SSSR count). The largest absolute Gasteiger partial charge is 0.493 e. The first-order valence-corrected chi connectivity index (χ1v) is 10.9. The molecule has 0 spiro atoms. The van der Waals surface area contributed by atoms with Crippen LogP contribution < -0.4 is 14.8 Å². The van der Waals surface area contributed by atoms with E-state index in [4.69, 9.17) is 19.2 Å². The van der Waals surface area contributed by atoms with Crippen molar-refractivity contribution in [3.05, 3.63) is 42.2 Å². The zero-order chi connectivity index (χ0) is 20.5. The van der Waals surface area contributed by atoms with Crippen molar-refractivity contribution < 1.29 is 14.2 Å². The highest BCUT2D eigenvalue weighted by atomic mass is 32.1. The highest BCUT2D eigenvalue weighted by Crippen LogP contribution is 2.33. The van der Waals surface area contributed by atoms with E-state index in [1.54, 1.807) is 25.6 Å². The molecule has 4 aromatic rings. The van der Waals surface area contributed by atoms with Gasteiger partial charge in [0, 0.05) is 25.3 Å². The lowest BCUT2D eigenvalue weighted by atomic mass is 10.2. The molecule has 1 aliphatic heterocycles. The number of imidazole rings is 1. The molecule has 0 aliphatic carbocycles. The normalized spacial score (nSPS) is 16.4. The molecule has 3 heterocycles. The maximum atomic E-state index is 5.70. The summed E-state index contributed by atoms with van der Waals surface area (Å²) in [5, 5.41) is 4.39. The summed E-state index contributed by atoms with van der Waals surface area (Å²) in [4.78, 5) is 9.41. The van der Waals surface area contributed by atoms with Gasteiger partial charge in [-0.25, -0.2) is 9.97 Å². The minimum absolute atomic E-state index is 0.292. The third-order valence-electron chi connectivity index (χ3n) is 5.47. The Balaban J connectivity index is 1.43. The third kappa shape index (κ3) is 3.57. The summed E-state index contributed by atoms with van der Waals surface area (Å²) in [5.41, 5.74) is 4.05. The van der Waals surface area contributed by atoms with Crippen LogP contribution in [0, 0.1) is 0 Å². The van der Waals surface area contributed by atoms with Crippen LogP contribution in [0.4, 0.5) is 5.13 Å². The summed E-state index contributed by atoms with van der Waals surface area (Å²) in [5.74, 6) is 1.37. The van der Waals surface area contributed by atoms with Crippen LogP contribution in [0.2, 0.25) is 0 Å².